The smallest absolute Gasteiger partial charge is 0.246 e. The van der Waals surface area contributed by atoms with Crippen molar-refractivity contribution < 1.29 is 9.53 Å². The van der Waals surface area contributed by atoms with Crippen LogP contribution in [-0.4, -0.2) is 72.5 Å². The van der Waals surface area contributed by atoms with E-state index in [1.165, 1.54) is 0 Å². The van der Waals surface area contributed by atoms with Crippen molar-refractivity contribution in [2.75, 3.05) is 50.8 Å². The second-order valence-corrected chi connectivity index (χ2v) is 6.39. The number of unbranched alkanes of at least 4 members (excludes halogenated alkanes) is 1. The number of guanidine groups is 1. The number of carbonyl (C=O) groups is 1. The van der Waals surface area contributed by atoms with E-state index in [0.29, 0.717) is 19.6 Å². The Morgan fingerprint density at radius 2 is 2.07 bits per heavy atom. The monoisotopic (exact) mass is 492 g/mol. The average molecular weight is 492 g/mol. The van der Waals surface area contributed by atoms with Gasteiger partial charge in [0.2, 0.25) is 5.91 Å². The van der Waals surface area contributed by atoms with Gasteiger partial charge in [0.05, 0.1) is 11.9 Å². The quantitative estimate of drug-likeness (QED) is 0.247. The van der Waals surface area contributed by atoms with Crippen LogP contribution in [0.25, 0.3) is 0 Å². The summed E-state index contributed by atoms with van der Waals surface area (Å²) in [6.07, 6.45) is 6.75. The number of nitrogens with one attached hydrogen (secondary N) is 1. The fourth-order valence-electron chi connectivity index (χ4n) is 2.80. The van der Waals surface area contributed by atoms with E-state index >= 15 is 0 Å². The molecule has 0 aromatic carbocycles. The maximum absolute atomic E-state index is 12.5. The topological polar surface area (TPSA) is 75.0 Å². The molecule has 2 rings (SSSR count). The van der Waals surface area contributed by atoms with Gasteiger partial charge in [-0.15, -0.1) is 24.0 Å². The van der Waals surface area contributed by atoms with Crippen molar-refractivity contribution in [2.24, 2.45) is 12.0 Å². The first-order valence-corrected chi connectivity index (χ1v) is 9.55. The first-order valence-electron chi connectivity index (χ1n) is 9.55. The standard InChI is InChI=1S/C18H32N6O2.HI/c1-4-6-11-26-12-7-8-20-18(19-5-2)23-9-10-24(17(25)15-23)16-13-21-22(3)14-16;/h13-14H,4-12,15H2,1-3H3,(H,19,20);1H. The first kappa shape index (κ1) is 23.7. The van der Waals surface area contributed by atoms with E-state index in [1.807, 2.05) is 25.1 Å². The van der Waals surface area contributed by atoms with E-state index in [4.69, 9.17) is 4.74 Å². The summed E-state index contributed by atoms with van der Waals surface area (Å²) in [6.45, 7) is 8.95. The van der Waals surface area contributed by atoms with E-state index in [1.54, 1.807) is 15.8 Å². The highest BCUT2D eigenvalue weighted by atomic mass is 127. The van der Waals surface area contributed by atoms with Crippen molar-refractivity contribution in [3.63, 3.8) is 0 Å². The summed E-state index contributed by atoms with van der Waals surface area (Å²) in [6, 6.07) is 0. The van der Waals surface area contributed by atoms with E-state index < -0.39 is 0 Å². The normalized spacial score (nSPS) is 15.1. The van der Waals surface area contributed by atoms with Gasteiger partial charge < -0.3 is 19.9 Å². The SMILES string of the molecule is CCCCOCCCN=C(NCC)N1CCN(c2cnn(C)c2)C(=O)C1.I. The van der Waals surface area contributed by atoms with Gasteiger partial charge in [-0.05, 0) is 19.8 Å². The van der Waals surface area contributed by atoms with Crippen LogP contribution in [0.2, 0.25) is 0 Å². The number of aryl methyl sites for hydroxylation is 1. The second-order valence-electron chi connectivity index (χ2n) is 6.39. The number of rotatable bonds is 9. The third-order valence-electron chi connectivity index (χ3n) is 4.21. The predicted molar refractivity (Wildman–Crippen MR) is 119 cm³/mol. The number of hydrogen-bond acceptors (Lipinski definition) is 4. The molecule has 1 N–H and O–H groups in total. The molecule has 0 atom stereocenters. The summed E-state index contributed by atoms with van der Waals surface area (Å²) >= 11 is 0. The highest BCUT2D eigenvalue weighted by Crippen LogP contribution is 2.16. The van der Waals surface area contributed by atoms with Crippen LogP contribution in [0.4, 0.5) is 5.69 Å². The highest BCUT2D eigenvalue weighted by Gasteiger charge is 2.27. The molecular formula is C18H33IN6O2. The lowest BCUT2D eigenvalue weighted by Gasteiger charge is -2.35. The largest absolute Gasteiger partial charge is 0.381 e. The molecule has 0 unspecified atom stereocenters. The molecule has 1 amide bonds. The summed E-state index contributed by atoms with van der Waals surface area (Å²) in [5.41, 5.74) is 0.850. The molecule has 1 aromatic rings. The number of carbonyl (C=O) groups excluding carboxylic acids is 1. The van der Waals surface area contributed by atoms with Crippen LogP contribution in [0.3, 0.4) is 0 Å². The van der Waals surface area contributed by atoms with Crippen molar-refractivity contribution in [3.8, 4) is 0 Å². The van der Waals surface area contributed by atoms with Gasteiger partial charge in [-0.25, -0.2) is 0 Å². The zero-order valence-corrected chi connectivity index (χ0v) is 19.0. The van der Waals surface area contributed by atoms with Gasteiger partial charge >= 0.3 is 0 Å². The molecule has 8 nitrogen and oxygen atoms in total. The summed E-state index contributed by atoms with van der Waals surface area (Å²) in [7, 11) is 1.85. The molecule has 27 heavy (non-hydrogen) atoms. The molecule has 0 aliphatic carbocycles. The van der Waals surface area contributed by atoms with Crippen LogP contribution in [0.5, 0.6) is 0 Å². The maximum Gasteiger partial charge on any atom is 0.246 e. The van der Waals surface area contributed by atoms with Crippen molar-refractivity contribution in [3.05, 3.63) is 12.4 Å². The fourth-order valence-corrected chi connectivity index (χ4v) is 2.80. The van der Waals surface area contributed by atoms with Gasteiger partial charge in [0, 0.05) is 52.6 Å². The summed E-state index contributed by atoms with van der Waals surface area (Å²) < 4.78 is 7.28. The minimum Gasteiger partial charge on any atom is -0.381 e. The lowest BCUT2D eigenvalue weighted by Crippen LogP contribution is -2.55. The van der Waals surface area contributed by atoms with Crippen LogP contribution in [-0.2, 0) is 16.6 Å². The van der Waals surface area contributed by atoms with Crippen LogP contribution in [0.15, 0.2) is 17.4 Å². The van der Waals surface area contributed by atoms with E-state index in [9.17, 15) is 4.79 Å². The van der Waals surface area contributed by atoms with Gasteiger partial charge in [0.1, 0.15) is 6.54 Å². The molecule has 154 valence electrons. The molecular weight excluding hydrogens is 459 g/mol. The molecule has 0 spiro atoms. The Morgan fingerprint density at radius 3 is 2.70 bits per heavy atom. The number of anilines is 1. The first-order chi connectivity index (χ1) is 12.7. The van der Waals surface area contributed by atoms with E-state index in [0.717, 1.165) is 57.2 Å². The number of aromatic nitrogens is 2. The molecule has 1 aliphatic rings. The number of amides is 1. The molecule has 0 saturated carbocycles. The van der Waals surface area contributed by atoms with Crippen molar-refractivity contribution in [2.45, 2.75) is 33.1 Å². The summed E-state index contributed by atoms with van der Waals surface area (Å²) in [5, 5.41) is 7.44. The summed E-state index contributed by atoms with van der Waals surface area (Å²) in [5.74, 6) is 0.873. The molecule has 1 aliphatic heterocycles. The molecule has 1 fully saturated rings. The minimum absolute atomic E-state index is 0. The van der Waals surface area contributed by atoms with E-state index in [2.05, 4.69) is 22.3 Å². The highest BCUT2D eigenvalue weighted by molar-refractivity contribution is 14.0. The number of ether oxygens (including phenoxy) is 1. The third-order valence-corrected chi connectivity index (χ3v) is 4.21. The Morgan fingerprint density at radius 1 is 1.30 bits per heavy atom. The van der Waals surface area contributed by atoms with Gasteiger partial charge in [-0.2, -0.15) is 5.10 Å². The Balaban J connectivity index is 0.00000364. The predicted octanol–water partition coefficient (Wildman–Crippen LogP) is 1.86. The van der Waals surface area contributed by atoms with Gasteiger partial charge in [-0.3, -0.25) is 14.5 Å². The Hall–Kier alpha value is -1.36. The van der Waals surface area contributed by atoms with Crippen molar-refractivity contribution in [1.82, 2.24) is 20.0 Å². The lowest BCUT2D eigenvalue weighted by atomic mass is 10.3. The summed E-state index contributed by atoms with van der Waals surface area (Å²) in [4.78, 5) is 21.0. The molecule has 0 radical (unpaired) electrons. The van der Waals surface area contributed by atoms with Gasteiger partial charge in [0.15, 0.2) is 5.96 Å². The van der Waals surface area contributed by atoms with Crippen LogP contribution in [0.1, 0.15) is 33.1 Å². The zero-order chi connectivity index (χ0) is 18.8. The van der Waals surface area contributed by atoms with Crippen molar-refractivity contribution in [1.29, 1.82) is 0 Å². The number of halogens is 1. The van der Waals surface area contributed by atoms with Crippen LogP contribution >= 0.6 is 24.0 Å². The van der Waals surface area contributed by atoms with Crippen LogP contribution in [0, 0.1) is 0 Å². The molecule has 0 bridgehead atoms. The number of hydrogen-bond donors (Lipinski definition) is 1. The zero-order valence-electron chi connectivity index (χ0n) is 16.7. The molecule has 2 heterocycles. The number of aliphatic imine (C=N–C) groups is 1. The maximum atomic E-state index is 12.5. The van der Waals surface area contributed by atoms with E-state index in [-0.39, 0.29) is 29.9 Å². The Kier molecular flexibility index (Phi) is 11.3. The Bertz CT molecular complexity index is 592. The number of nitrogens with zero attached hydrogens (tertiary/aromatic N) is 5. The van der Waals surface area contributed by atoms with Gasteiger partial charge in [-0.1, -0.05) is 13.3 Å². The van der Waals surface area contributed by atoms with Gasteiger partial charge in [0.25, 0.3) is 0 Å². The Labute approximate surface area is 179 Å². The van der Waals surface area contributed by atoms with Crippen LogP contribution < -0.4 is 10.2 Å². The van der Waals surface area contributed by atoms with Crippen molar-refractivity contribution >= 4 is 41.5 Å². The average Bonchev–Trinajstić information content (AvgIpc) is 3.06. The lowest BCUT2D eigenvalue weighted by molar-refractivity contribution is -0.120. The third kappa shape index (κ3) is 7.65. The molecule has 1 aromatic heterocycles. The number of piperazine rings is 1. The fraction of sp³-hybridized carbons (Fsp3) is 0.722. The molecule has 9 heteroatoms. The minimum atomic E-state index is 0. The second kappa shape index (κ2) is 12.9. The molecule has 1 saturated heterocycles.